The molecule has 0 saturated carbocycles. The average molecular weight is 535 g/mol. The molecule has 1 N–H and O–H groups in total. The Kier molecular flexibility index (Phi) is 8.93. The number of aliphatic carboxylic acids is 1. The number of benzene rings is 3. The zero-order chi connectivity index (χ0) is 27.1. The topological polar surface area (TPSA) is 99.4 Å². The molecule has 0 radical (unpaired) electrons. The molecule has 1 unspecified atom stereocenters. The van der Waals surface area contributed by atoms with Gasteiger partial charge in [0.05, 0.1) is 22.9 Å². The highest BCUT2D eigenvalue weighted by Gasteiger charge is 2.20. The van der Waals surface area contributed by atoms with Crippen LogP contribution in [0.15, 0.2) is 82.7 Å². The number of fused-ring (bicyclic) bond motifs is 1. The number of aromatic nitrogens is 1. The van der Waals surface area contributed by atoms with Crippen LogP contribution in [0.4, 0.5) is 0 Å². The van der Waals surface area contributed by atoms with Crippen molar-refractivity contribution in [2.45, 2.75) is 39.0 Å². The highest BCUT2D eigenvalue weighted by atomic mass is 32.1. The van der Waals surface area contributed by atoms with Gasteiger partial charge in [0.25, 0.3) is 0 Å². The van der Waals surface area contributed by atoms with Crippen LogP contribution in [0.2, 0.25) is 0 Å². The summed E-state index contributed by atoms with van der Waals surface area (Å²) in [4.78, 5) is 29.2. The van der Waals surface area contributed by atoms with Gasteiger partial charge in [-0.05, 0) is 43.7 Å². The van der Waals surface area contributed by atoms with Crippen molar-refractivity contribution >= 4 is 33.2 Å². The van der Waals surface area contributed by atoms with Crippen molar-refractivity contribution in [1.29, 1.82) is 0 Å². The summed E-state index contributed by atoms with van der Waals surface area (Å²) >= 11 is 1.18. The molecule has 1 heterocycles. The van der Waals surface area contributed by atoms with Crippen LogP contribution >= 0.6 is 11.3 Å². The van der Waals surface area contributed by atoms with E-state index in [4.69, 9.17) is 14.3 Å². The van der Waals surface area contributed by atoms with Crippen molar-refractivity contribution in [2.75, 3.05) is 13.7 Å². The van der Waals surface area contributed by atoms with Crippen molar-refractivity contribution in [2.24, 2.45) is 5.16 Å². The minimum atomic E-state index is -0.984. The van der Waals surface area contributed by atoms with E-state index in [9.17, 15) is 14.7 Å². The third-order valence-corrected chi connectivity index (χ3v) is 6.75. The molecule has 0 amide bonds. The molecule has 3 aromatic carbocycles. The fourth-order valence-electron chi connectivity index (χ4n) is 4.10. The van der Waals surface area contributed by atoms with E-state index >= 15 is 0 Å². The van der Waals surface area contributed by atoms with Gasteiger partial charge in [-0.2, -0.15) is 0 Å². The Bertz CT molecular complexity index is 1460. The number of oxime groups is 1. The van der Waals surface area contributed by atoms with Crippen LogP contribution in [-0.4, -0.2) is 47.3 Å². The normalized spacial score (nSPS) is 12.6. The second kappa shape index (κ2) is 12.5. The van der Waals surface area contributed by atoms with Crippen LogP contribution in [0.5, 0.6) is 5.75 Å². The largest absolute Gasteiger partial charge is 0.492 e. The van der Waals surface area contributed by atoms with Gasteiger partial charge in [-0.15, -0.1) is 0 Å². The summed E-state index contributed by atoms with van der Waals surface area (Å²) in [5.74, 6) is -0.342. The van der Waals surface area contributed by atoms with E-state index in [1.54, 1.807) is 16.7 Å². The Morgan fingerprint density at radius 2 is 1.76 bits per heavy atom. The van der Waals surface area contributed by atoms with Crippen molar-refractivity contribution < 1.29 is 24.2 Å². The molecule has 0 aliphatic heterocycles. The van der Waals surface area contributed by atoms with Gasteiger partial charge in [0, 0.05) is 17.5 Å². The third kappa shape index (κ3) is 6.67. The van der Waals surface area contributed by atoms with Gasteiger partial charge in [-0.3, -0.25) is 9.36 Å². The average Bonchev–Trinajstić information content (AvgIpc) is 3.22. The monoisotopic (exact) mass is 534 g/mol. The van der Waals surface area contributed by atoms with Crippen molar-refractivity contribution in [3.05, 3.63) is 99.2 Å². The van der Waals surface area contributed by atoms with Gasteiger partial charge in [-0.1, -0.05) is 65.0 Å². The molecule has 198 valence electrons. The number of carboxylic acids is 1. The molecular formula is C29H30N2O6S. The van der Waals surface area contributed by atoms with E-state index in [2.05, 4.69) is 5.16 Å². The number of nitrogens with zero attached hydrogens (tertiary/aromatic N) is 2. The maximum absolute atomic E-state index is 12.7. The Balaban J connectivity index is 1.42. The maximum atomic E-state index is 12.7. The van der Waals surface area contributed by atoms with E-state index in [1.165, 1.54) is 18.4 Å². The third-order valence-electron chi connectivity index (χ3n) is 5.81. The van der Waals surface area contributed by atoms with Gasteiger partial charge < -0.3 is 19.4 Å². The summed E-state index contributed by atoms with van der Waals surface area (Å²) in [5, 5.41) is 13.6. The van der Waals surface area contributed by atoms with Crippen LogP contribution in [0.25, 0.3) is 10.2 Å². The van der Waals surface area contributed by atoms with E-state index in [0.717, 1.165) is 26.9 Å². The first-order chi connectivity index (χ1) is 18.4. The fraction of sp³-hybridized carbons (Fsp3) is 0.276. The first-order valence-electron chi connectivity index (χ1n) is 12.3. The van der Waals surface area contributed by atoms with Crippen molar-refractivity contribution in [3.8, 4) is 5.75 Å². The first kappa shape index (κ1) is 27.1. The second-order valence-electron chi connectivity index (χ2n) is 8.90. The zero-order valence-corrected chi connectivity index (χ0v) is 22.3. The van der Waals surface area contributed by atoms with Gasteiger partial charge in [0.15, 0.2) is 6.10 Å². The molecule has 0 aliphatic rings. The number of thiazole rings is 1. The quantitative estimate of drug-likeness (QED) is 0.204. The molecule has 38 heavy (non-hydrogen) atoms. The summed E-state index contributed by atoms with van der Waals surface area (Å²) in [6, 6.07) is 22.8. The highest BCUT2D eigenvalue weighted by molar-refractivity contribution is 7.16. The predicted octanol–water partition coefficient (Wildman–Crippen LogP) is 4.96. The minimum absolute atomic E-state index is 0.0640. The standard InChI is InChI=1S/C29H30N2O6S/c1-19(2)37-25(28(32)33)17-20-9-12-23(13-10-20)36-16-15-31-24-14-11-22(18-26(24)38-29(31)34)27(30-35-3)21-7-5-4-6-8-21/h4-14,18-19,25H,15-17H2,1-3H3,(H,32,33). The van der Waals surface area contributed by atoms with Gasteiger partial charge in [-0.25, -0.2) is 4.79 Å². The Hall–Kier alpha value is -3.95. The van der Waals surface area contributed by atoms with Gasteiger partial charge in [0.2, 0.25) is 0 Å². The van der Waals surface area contributed by atoms with Crippen LogP contribution < -0.4 is 9.61 Å². The number of ether oxygens (including phenoxy) is 2. The summed E-state index contributed by atoms with van der Waals surface area (Å²) in [6.45, 7) is 4.32. The van der Waals surface area contributed by atoms with Crippen LogP contribution in [0.1, 0.15) is 30.5 Å². The summed E-state index contributed by atoms with van der Waals surface area (Å²) < 4.78 is 13.9. The number of carboxylic acid groups (broad SMARTS) is 1. The molecule has 9 heteroatoms. The first-order valence-corrected chi connectivity index (χ1v) is 13.1. The predicted molar refractivity (Wildman–Crippen MR) is 148 cm³/mol. The minimum Gasteiger partial charge on any atom is -0.492 e. The Morgan fingerprint density at radius 1 is 1.03 bits per heavy atom. The lowest BCUT2D eigenvalue weighted by atomic mass is 10.0. The van der Waals surface area contributed by atoms with E-state index in [0.29, 0.717) is 24.6 Å². The maximum Gasteiger partial charge on any atom is 0.333 e. The Morgan fingerprint density at radius 3 is 2.42 bits per heavy atom. The zero-order valence-electron chi connectivity index (χ0n) is 21.5. The van der Waals surface area contributed by atoms with Crippen molar-refractivity contribution in [1.82, 2.24) is 4.57 Å². The molecule has 0 spiro atoms. The second-order valence-corrected chi connectivity index (χ2v) is 9.89. The van der Waals surface area contributed by atoms with Gasteiger partial charge in [0.1, 0.15) is 25.2 Å². The molecule has 0 aliphatic carbocycles. The van der Waals surface area contributed by atoms with E-state index < -0.39 is 12.1 Å². The SMILES string of the molecule is CON=C(c1ccccc1)c1ccc2c(c1)sc(=O)n2CCOc1ccc(CC(OC(C)C)C(=O)O)cc1. The summed E-state index contributed by atoms with van der Waals surface area (Å²) in [5.41, 5.74) is 4.15. The number of carbonyl (C=O) groups is 1. The summed E-state index contributed by atoms with van der Waals surface area (Å²) in [7, 11) is 1.51. The fourth-order valence-corrected chi connectivity index (χ4v) is 5.05. The van der Waals surface area contributed by atoms with Crippen LogP contribution in [-0.2, 0) is 27.3 Å². The molecule has 8 nitrogen and oxygen atoms in total. The molecule has 4 rings (SSSR count). The van der Waals surface area contributed by atoms with Crippen LogP contribution in [0, 0.1) is 0 Å². The molecule has 1 aromatic heterocycles. The smallest absolute Gasteiger partial charge is 0.333 e. The lowest BCUT2D eigenvalue weighted by Gasteiger charge is -2.16. The number of hydrogen-bond donors (Lipinski definition) is 1. The van der Waals surface area contributed by atoms with Crippen molar-refractivity contribution in [3.63, 3.8) is 0 Å². The molecule has 0 fully saturated rings. The summed E-state index contributed by atoms with van der Waals surface area (Å²) in [6.07, 6.45) is -0.801. The molecule has 0 saturated heterocycles. The van der Waals surface area contributed by atoms with Crippen LogP contribution in [0.3, 0.4) is 0 Å². The molecule has 0 bridgehead atoms. The molecular weight excluding hydrogens is 504 g/mol. The molecule has 4 aromatic rings. The highest BCUT2D eigenvalue weighted by Crippen LogP contribution is 2.22. The lowest BCUT2D eigenvalue weighted by Crippen LogP contribution is -2.29. The molecule has 1 atom stereocenters. The van der Waals surface area contributed by atoms with Gasteiger partial charge >= 0.3 is 10.8 Å². The number of hydrogen-bond acceptors (Lipinski definition) is 7. The Labute approximate surface area is 224 Å². The van der Waals surface area contributed by atoms with E-state index in [1.807, 2.05) is 74.5 Å². The van der Waals surface area contributed by atoms with E-state index in [-0.39, 0.29) is 17.4 Å². The lowest BCUT2D eigenvalue weighted by molar-refractivity contribution is -0.153. The number of rotatable bonds is 12.